The van der Waals surface area contributed by atoms with Crippen LogP contribution in [-0.2, 0) is 22.7 Å². The van der Waals surface area contributed by atoms with E-state index in [9.17, 15) is 9.59 Å². The predicted molar refractivity (Wildman–Crippen MR) is 134 cm³/mol. The molecule has 0 aromatic heterocycles. The molecule has 0 aliphatic heterocycles. The van der Waals surface area contributed by atoms with Crippen LogP contribution < -0.4 is 20.1 Å². The third kappa shape index (κ3) is 8.68. The van der Waals surface area contributed by atoms with Gasteiger partial charge in [0.1, 0.15) is 11.5 Å². The van der Waals surface area contributed by atoms with Crippen molar-refractivity contribution in [1.82, 2.24) is 20.4 Å². The van der Waals surface area contributed by atoms with Crippen molar-refractivity contribution in [1.29, 1.82) is 0 Å². The summed E-state index contributed by atoms with van der Waals surface area (Å²) >= 11 is 0. The number of benzene rings is 2. The van der Waals surface area contributed by atoms with E-state index < -0.39 is 11.8 Å². The molecule has 0 saturated heterocycles. The van der Waals surface area contributed by atoms with Gasteiger partial charge in [-0.2, -0.15) is 0 Å². The standard InChI is InChI=1S/C26H38N4O4/c1-5-29(19-21-11-7-9-13-23(21)33-3)17-15-27-25(31)26(32)28-16-18-30(6-2)20-22-12-8-10-14-24(22)34-4/h7-14H,5-6,15-20H2,1-4H3,(H,27,31)(H,28,32). The van der Waals surface area contributed by atoms with Crippen LogP contribution in [0, 0.1) is 0 Å². The predicted octanol–water partition coefficient (Wildman–Crippen LogP) is 2.28. The van der Waals surface area contributed by atoms with Gasteiger partial charge in [0.05, 0.1) is 14.2 Å². The highest BCUT2D eigenvalue weighted by Gasteiger charge is 2.15. The number of ether oxygens (including phenoxy) is 2. The molecule has 2 N–H and O–H groups in total. The molecule has 0 atom stereocenters. The van der Waals surface area contributed by atoms with Gasteiger partial charge in [0, 0.05) is 50.4 Å². The van der Waals surface area contributed by atoms with Crippen molar-refractivity contribution < 1.29 is 19.1 Å². The average Bonchev–Trinajstić information content (AvgIpc) is 2.87. The molecule has 0 bridgehead atoms. The number of carbonyl (C=O) groups is 2. The van der Waals surface area contributed by atoms with Crippen LogP contribution in [0.25, 0.3) is 0 Å². The first-order valence-electron chi connectivity index (χ1n) is 11.8. The van der Waals surface area contributed by atoms with Gasteiger partial charge >= 0.3 is 11.8 Å². The van der Waals surface area contributed by atoms with E-state index in [1.165, 1.54) is 0 Å². The molecule has 2 rings (SSSR count). The largest absolute Gasteiger partial charge is 0.496 e. The van der Waals surface area contributed by atoms with Gasteiger partial charge < -0.3 is 20.1 Å². The number of para-hydroxylation sites is 2. The number of nitrogens with zero attached hydrogens (tertiary/aromatic N) is 2. The van der Waals surface area contributed by atoms with Gasteiger partial charge in [-0.3, -0.25) is 19.4 Å². The number of nitrogens with one attached hydrogen (secondary N) is 2. The lowest BCUT2D eigenvalue weighted by Crippen LogP contribution is -2.44. The minimum Gasteiger partial charge on any atom is -0.496 e. The van der Waals surface area contributed by atoms with E-state index >= 15 is 0 Å². The van der Waals surface area contributed by atoms with Crippen LogP contribution >= 0.6 is 0 Å². The highest BCUT2D eigenvalue weighted by Crippen LogP contribution is 2.19. The maximum atomic E-state index is 12.2. The van der Waals surface area contributed by atoms with Crippen molar-refractivity contribution in [3.63, 3.8) is 0 Å². The summed E-state index contributed by atoms with van der Waals surface area (Å²) in [5, 5.41) is 5.43. The number of amides is 2. The van der Waals surface area contributed by atoms with Crippen molar-refractivity contribution in [2.75, 3.05) is 53.5 Å². The molecular weight excluding hydrogens is 432 g/mol. The second-order valence-corrected chi connectivity index (χ2v) is 7.87. The first-order valence-corrected chi connectivity index (χ1v) is 11.8. The summed E-state index contributed by atoms with van der Waals surface area (Å²) in [6.07, 6.45) is 0. The minimum absolute atomic E-state index is 0.393. The molecule has 186 valence electrons. The van der Waals surface area contributed by atoms with Crippen molar-refractivity contribution in [2.24, 2.45) is 0 Å². The summed E-state index contributed by atoms with van der Waals surface area (Å²) in [7, 11) is 3.32. The van der Waals surface area contributed by atoms with Gasteiger partial charge in [-0.05, 0) is 25.2 Å². The van der Waals surface area contributed by atoms with Crippen LogP contribution in [0.2, 0.25) is 0 Å². The van der Waals surface area contributed by atoms with Crippen LogP contribution in [0.5, 0.6) is 11.5 Å². The summed E-state index contributed by atoms with van der Waals surface area (Å²) in [4.78, 5) is 28.8. The first kappa shape index (κ1) is 27.1. The zero-order valence-corrected chi connectivity index (χ0v) is 20.8. The van der Waals surface area contributed by atoms with Gasteiger partial charge in [-0.1, -0.05) is 50.2 Å². The zero-order valence-electron chi connectivity index (χ0n) is 20.8. The first-order chi connectivity index (χ1) is 16.5. The molecule has 0 heterocycles. The van der Waals surface area contributed by atoms with Crippen LogP contribution in [0.1, 0.15) is 25.0 Å². The third-order valence-corrected chi connectivity index (χ3v) is 5.70. The fraction of sp³-hybridized carbons (Fsp3) is 0.462. The Morgan fingerprint density at radius 2 is 1.09 bits per heavy atom. The van der Waals surface area contributed by atoms with E-state index in [0.29, 0.717) is 39.3 Å². The molecular formula is C26H38N4O4. The maximum Gasteiger partial charge on any atom is 0.309 e. The van der Waals surface area contributed by atoms with E-state index in [0.717, 1.165) is 35.7 Å². The number of rotatable bonds is 14. The summed E-state index contributed by atoms with van der Waals surface area (Å²) < 4.78 is 10.8. The molecule has 2 amide bonds. The topological polar surface area (TPSA) is 83.1 Å². The summed E-state index contributed by atoms with van der Waals surface area (Å²) in [5.41, 5.74) is 2.18. The van der Waals surface area contributed by atoms with E-state index in [1.54, 1.807) is 14.2 Å². The maximum absolute atomic E-state index is 12.2. The Morgan fingerprint density at radius 3 is 1.44 bits per heavy atom. The van der Waals surface area contributed by atoms with E-state index in [2.05, 4.69) is 34.3 Å². The molecule has 0 unspecified atom stereocenters. The van der Waals surface area contributed by atoms with Crippen LogP contribution in [-0.4, -0.2) is 75.1 Å². The van der Waals surface area contributed by atoms with Crippen LogP contribution in [0.4, 0.5) is 0 Å². The highest BCUT2D eigenvalue weighted by molar-refractivity contribution is 6.35. The number of hydrogen-bond donors (Lipinski definition) is 2. The van der Waals surface area contributed by atoms with Gasteiger partial charge in [-0.15, -0.1) is 0 Å². The van der Waals surface area contributed by atoms with Gasteiger partial charge in [0.25, 0.3) is 0 Å². The number of hydrogen-bond acceptors (Lipinski definition) is 6. The van der Waals surface area contributed by atoms with Gasteiger partial charge in [-0.25, -0.2) is 0 Å². The van der Waals surface area contributed by atoms with Crippen molar-refractivity contribution in [3.8, 4) is 11.5 Å². The van der Waals surface area contributed by atoms with Crippen LogP contribution in [0.15, 0.2) is 48.5 Å². The molecule has 0 spiro atoms. The fourth-order valence-corrected chi connectivity index (χ4v) is 3.66. The summed E-state index contributed by atoms with van der Waals surface area (Å²) in [5.74, 6) is 0.467. The molecule has 2 aromatic rings. The molecule has 0 saturated carbocycles. The Bertz CT molecular complexity index is 832. The highest BCUT2D eigenvalue weighted by atomic mass is 16.5. The van der Waals surface area contributed by atoms with Crippen LogP contribution in [0.3, 0.4) is 0 Å². The second-order valence-electron chi connectivity index (χ2n) is 7.87. The van der Waals surface area contributed by atoms with Gasteiger partial charge in [0.15, 0.2) is 0 Å². The molecule has 0 radical (unpaired) electrons. The molecule has 2 aromatic carbocycles. The van der Waals surface area contributed by atoms with Crippen molar-refractivity contribution in [3.05, 3.63) is 59.7 Å². The quantitative estimate of drug-likeness (QED) is 0.412. The fourth-order valence-electron chi connectivity index (χ4n) is 3.66. The Balaban J connectivity index is 1.72. The monoisotopic (exact) mass is 470 g/mol. The Labute approximate surface area is 203 Å². The van der Waals surface area contributed by atoms with E-state index in [4.69, 9.17) is 9.47 Å². The molecule has 0 fully saturated rings. The molecule has 34 heavy (non-hydrogen) atoms. The van der Waals surface area contributed by atoms with E-state index in [-0.39, 0.29) is 0 Å². The molecule has 0 aliphatic rings. The zero-order chi connectivity index (χ0) is 24.8. The molecule has 0 aliphatic carbocycles. The summed E-state index contributed by atoms with van der Waals surface area (Å²) in [6, 6.07) is 15.8. The summed E-state index contributed by atoms with van der Waals surface area (Å²) in [6.45, 7) is 9.24. The number of likely N-dealkylation sites (N-methyl/N-ethyl adjacent to an activating group) is 2. The average molecular weight is 471 g/mol. The normalized spacial score (nSPS) is 10.9. The Morgan fingerprint density at radius 1 is 0.706 bits per heavy atom. The Kier molecular flexibility index (Phi) is 11.9. The SMILES string of the molecule is CCN(CCNC(=O)C(=O)NCCN(CC)Cc1ccccc1OC)Cc1ccccc1OC. The minimum atomic E-state index is -0.610. The number of methoxy groups -OCH3 is 2. The lowest BCUT2D eigenvalue weighted by Gasteiger charge is -2.22. The lowest BCUT2D eigenvalue weighted by molar-refractivity contribution is -0.139. The van der Waals surface area contributed by atoms with Crippen molar-refractivity contribution >= 4 is 11.8 Å². The lowest BCUT2D eigenvalue weighted by atomic mass is 10.2. The second kappa shape index (κ2) is 14.9. The third-order valence-electron chi connectivity index (χ3n) is 5.70. The van der Waals surface area contributed by atoms with Crippen molar-refractivity contribution in [2.45, 2.75) is 26.9 Å². The number of carbonyl (C=O) groups excluding carboxylic acids is 2. The van der Waals surface area contributed by atoms with Gasteiger partial charge in [0.2, 0.25) is 0 Å². The molecule has 8 heteroatoms. The molecule has 8 nitrogen and oxygen atoms in total. The smallest absolute Gasteiger partial charge is 0.309 e. The van der Waals surface area contributed by atoms with E-state index in [1.807, 2.05) is 48.5 Å². The Hall–Kier alpha value is -3.10.